The van der Waals surface area contributed by atoms with E-state index in [4.69, 9.17) is 16.3 Å². The highest BCUT2D eigenvalue weighted by atomic mass is 35.5. The molecule has 0 bridgehead atoms. The Morgan fingerprint density at radius 1 is 1.25 bits per heavy atom. The molecule has 112 valence electrons. The number of hydrogen-bond acceptors (Lipinski definition) is 3. The van der Waals surface area contributed by atoms with Crippen LogP contribution < -0.4 is 9.46 Å². The molecule has 20 heavy (non-hydrogen) atoms. The molecule has 0 saturated heterocycles. The average molecular weight is 318 g/mol. The molecule has 1 saturated carbocycles. The minimum atomic E-state index is -3.49. The molecular weight excluding hydrogens is 298 g/mol. The summed E-state index contributed by atoms with van der Waals surface area (Å²) < 4.78 is 32.6. The smallest absolute Gasteiger partial charge is 0.240 e. The van der Waals surface area contributed by atoms with Crippen LogP contribution in [-0.4, -0.2) is 27.4 Å². The number of benzene rings is 1. The van der Waals surface area contributed by atoms with Crippen LogP contribution in [0, 0.1) is 5.92 Å². The van der Waals surface area contributed by atoms with Crippen LogP contribution in [0.4, 0.5) is 0 Å². The van der Waals surface area contributed by atoms with E-state index in [1.807, 2.05) is 0 Å². The lowest BCUT2D eigenvalue weighted by Crippen LogP contribution is -2.42. The van der Waals surface area contributed by atoms with Crippen molar-refractivity contribution in [1.82, 2.24) is 4.72 Å². The molecule has 0 spiro atoms. The molecule has 0 aliphatic heterocycles. The van der Waals surface area contributed by atoms with Crippen molar-refractivity contribution in [3.8, 4) is 5.75 Å². The first-order chi connectivity index (χ1) is 9.56. The quantitative estimate of drug-likeness (QED) is 0.850. The molecule has 2 unspecified atom stereocenters. The number of alkyl halides is 1. The number of ether oxygens (including phenoxy) is 1. The molecule has 1 aromatic carbocycles. The van der Waals surface area contributed by atoms with Gasteiger partial charge in [-0.15, -0.1) is 11.6 Å². The zero-order valence-electron chi connectivity index (χ0n) is 11.5. The van der Waals surface area contributed by atoms with E-state index in [2.05, 4.69) is 4.72 Å². The van der Waals surface area contributed by atoms with Gasteiger partial charge in [0.25, 0.3) is 0 Å². The number of sulfonamides is 1. The van der Waals surface area contributed by atoms with E-state index in [1.165, 1.54) is 0 Å². The van der Waals surface area contributed by atoms with Crippen molar-refractivity contribution < 1.29 is 13.2 Å². The molecule has 1 aromatic rings. The van der Waals surface area contributed by atoms with Gasteiger partial charge in [0.05, 0.1) is 12.0 Å². The first kappa shape index (κ1) is 15.6. The van der Waals surface area contributed by atoms with E-state index < -0.39 is 10.0 Å². The summed E-state index contributed by atoms with van der Waals surface area (Å²) >= 11 is 5.94. The number of hydrogen-bond donors (Lipinski definition) is 1. The average Bonchev–Trinajstić information content (AvgIpc) is 2.47. The van der Waals surface area contributed by atoms with Gasteiger partial charge >= 0.3 is 0 Å². The minimum absolute atomic E-state index is 0.0617. The Morgan fingerprint density at radius 2 is 1.90 bits per heavy atom. The summed E-state index contributed by atoms with van der Waals surface area (Å²) in [7, 11) is -1.94. The number of nitrogens with one attached hydrogen (secondary N) is 1. The third-order valence-electron chi connectivity index (χ3n) is 3.78. The van der Waals surface area contributed by atoms with E-state index in [-0.39, 0.29) is 16.9 Å². The van der Waals surface area contributed by atoms with E-state index in [0.717, 1.165) is 25.7 Å². The Kier molecular flexibility index (Phi) is 5.29. The molecule has 0 heterocycles. The standard InChI is InChI=1S/C14H20ClNO3S/c1-19-12-6-8-13(9-7-12)20(17,18)16-14-5-3-2-4-11(14)10-15/h6-9,11,14,16H,2-5,10H2,1H3. The minimum Gasteiger partial charge on any atom is -0.497 e. The Hall–Kier alpha value is -0.780. The van der Waals surface area contributed by atoms with Crippen LogP contribution in [0.15, 0.2) is 29.2 Å². The van der Waals surface area contributed by atoms with Gasteiger partial charge in [0.15, 0.2) is 0 Å². The highest BCUT2D eigenvalue weighted by molar-refractivity contribution is 7.89. The number of rotatable bonds is 5. The summed E-state index contributed by atoms with van der Waals surface area (Å²) in [4.78, 5) is 0.261. The van der Waals surface area contributed by atoms with Crippen LogP contribution in [0.25, 0.3) is 0 Å². The fourth-order valence-corrected chi connectivity index (χ4v) is 4.28. The van der Waals surface area contributed by atoms with E-state index >= 15 is 0 Å². The second kappa shape index (κ2) is 6.78. The predicted molar refractivity (Wildman–Crippen MR) is 79.8 cm³/mol. The Morgan fingerprint density at radius 3 is 2.50 bits per heavy atom. The van der Waals surface area contributed by atoms with Gasteiger partial charge in [-0.1, -0.05) is 12.8 Å². The van der Waals surface area contributed by atoms with Gasteiger partial charge in [-0.3, -0.25) is 0 Å². The van der Waals surface area contributed by atoms with Crippen molar-refractivity contribution in [2.75, 3.05) is 13.0 Å². The van der Waals surface area contributed by atoms with E-state index in [0.29, 0.717) is 11.6 Å². The topological polar surface area (TPSA) is 55.4 Å². The molecule has 1 fully saturated rings. The Balaban J connectivity index is 2.12. The monoisotopic (exact) mass is 317 g/mol. The highest BCUT2D eigenvalue weighted by Gasteiger charge is 2.28. The van der Waals surface area contributed by atoms with Gasteiger partial charge in [-0.2, -0.15) is 0 Å². The fourth-order valence-electron chi connectivity index (χ4n) is 2.57. The van der Waals surface area contributed by atoms with Crippen molar-refractivity contribution in [3.05, 3.63) is 24.3 Å². The van der Waals surface area contributed by atoms with Crippen LogP contribution in [0.3, 0.4) is 0 Å². The van der Waals surface area contributed by atoms with Crippen molar-refractivity contribution >= 4 is 21.6 Å². The zero-order chi connectivity index (χ0) is 14.6. The second-order valence-corrected chi connectivity index (χ2v) is 7.12. The van der Waals surface area contributed by atoms with Crippen LogP contribution in [-0.2, 0) is 10.0 Å². The van der Waals surface area contributed by atoms with Crippen LogP contribution in [0.1, 0.15) is 25.7 Å². The SMILES string of the molecule is COc1ccc(S(=O)(=O)NC2CCCCC2CCl)cc1. The lowest BCUT2D eigenvalue weighted by Gasteiger charge is -2.30. The van der Waals surface area contributed by atoms with Gasteiger partial charge in [0.1, 0.15) is 5.75 Å². The first-order valence-corrected chi connectivity index (χ1v) is 8.81. The van der Waals surface area contributed by atoms with Crippen molar-refractivity contribution in [2.24, 2.45) is 5.92 Å². The Bertz CT molecular complexity index is 530. The molecule has 1 N–H and O–H groups in total. The van der Waals surface area contributed by atoms with Crippen LogP contribution in [0.5, 0.6) is 5.75 Å². The fraction of sp³-hybridized carbons (Fsp3) is 0.571. The molecular formula is C14H20ClNO3S. The third-order valence-corrected chi connectivity index (χ3v) is 5.69. The second-order valence-electron chi connectivity index (χ2n) is 5.10. The molecule has 6 heteroatoms. The predicted octanol–water partition coefficient (Wildman–Crippen LogP) is 2.77. The van der Waals surface area contributed by atoms with Crippen LogP contribution in [0.2, 0.25) is 0 Å². The molecule has 4 nitrogen and oxygen atoms in total. The highest BCUT2D eigenvalue weighted by Crippen LogP contribution is 2.27. The molecule has 2 rings (SSSR count). The first-order valence-electron chi connectivity index (χ1n) is 6.79. The molecule has 0 aromatic heterocycles. The molecule has 1 aliphatic rings. The summed E-state index contributed by atoms with van der Waals surface area (Å²) in [6, 6.07) is 6.34. The molecule has 1 aliphatic carbocycles. The third kappa shape index (κ3) is 3.65. The maximum Gasteiger partial charge on any atom is 0.240 e. The van der Waals surface area contributed by atoms with Gasteiger partial charge in [0, 0.05) is 11.9 Å². The number of halogens is 1. The zero-order valence-corrected chi connectivity index (χ0v) is 13.1. The largest absolute Gasteiger partial charge is 0.497 e. The summed E-state index contributed by atoms with van der Waals surface area (Å²) in [6.07, 6.45) is 4.01. The van der Waals surface area contributed by atoms with Gasteiger partial charge in [0.2, 0.25) is 10.0 Å². The molecule has 0 amide bonds. The van der Waals surface area contributed by atoms with Crippen LogP contribution >= 0.6 is 11.6 Å². The molecule has 0 radical (unpaired) electrons. The van der Waals surface area contributed by atoms with Gasteiger partial charge in [-0.05, 0) is 43.0 Å². The lowest BCUT2D eigenvalue weighted by molar-refractivity contribution is 0.314. The van der Waals surface area contributed by atoms with Crippen molar-refractivity contribution in [3.63, 3.8) is 0 Å². The molecule has 2 atom stereocenters. The van der Waals surface area contributed by atoms with Gasteiger partial charge in [-0.25, -0.2) is 13.1 Å². The number of methoxy groups -OCH3 is 1. The van der Waals surface area contributed by atoms with Gasteiger partial charge < -0.3 is 4.74 Å². The van der Waals surface area contributed by atoms with E-state index in [9.17, 15) is 8.42 Å². The normalized spacial score (nSPS) is 23.5. The maximum atomic E-state index is 12.4. The Labute approximate surface area is 125 Å². The van der Waals surface area contributed by atoms with E-state index in [1.54, 1.807) is 31.4 Å². The maximum absolute atomic E-state index is 12.4. The van der Waals surface area contributed by atoms with Crippen molar-refractivity contribution in [1.29, 1.82) is 0 Å². The lowest BCUT2D eigenvalue weighted by atomic mass is 9.86. The summed E-state index contributed by atoms with van der Waals surface area (Å²) in [5, 5.41) is 0. The summed E-state index contributed by atoms with van der Waals surface area (Å²) in [5.74, 6) is 1.36. The van der Waals surface area contributed by atoms with Crippen molar-refractivity contribution in [2.45, 2.75) is 36.6 Å². The summed E-state index contributed by atoms with van der Waals surface area (Å²) in [5.41, 5.74) is 0. The summed E-state index contributed by atoms with van der Waals surface area (Å²) in [6.45, 7) is 0.